The van der Waals surface area contributed by atoms with Crippen molar-refractivity contribution >= 4 is 11.8 Å². The summed E-state index contributed by atoms with van der Waals surface area (Å²) >= 11 is 1.64. The third-order valence-corrected chi connectivity index (χ3v) is 1.98. The van der Waals surface area contributed by atoms with Crippen LogP contribution in [0.25, 0.3) is 0 Å². The molecule has 62 valence electrons. The van der Waals surface area contributed by atoms with E-state index in [0.29, 0.717) is 5.69 Å². The topological polar surface area (TPSA) is 33.1 Å². The van der Waals surface area contributed by atoms with Crippen LogP contribution in [0.3, 0.4) is 0 Å². The monoisotopic (exact) mass is 179 g/mol. The van der Waals surface area contributed by atoms with Gasteiger partial charge in [0, 0.05) is 11.1 Å². The zero-order chi connectivity index (χ0) is 8.81. The number of hydrogen-bond donors (Lipinski definition) is 1. The first-order valence-corrected chi connectivity index (χ1v) is 4.69. The highest BCUT2D eigenvalue weighted by atomic mass is 32.2. The van der Waals surface area contributed by atoms with Gasteiger partial charge in [-0.25, -0.2) is 4.98 Å². The zero-order valence-electron chi connectivity index (χ0n) is 6.74. The highest BCUT2D eigenvalue weighted by molar-refractivity contribution is 7.98. The van der Waals surface area contributed by atoms with E-state index in [9.17, 15) is 0 Å². The number of aliphatic hydroxyl groups is 1. The molecule has 0 aliphatic carbocycles. The average Bonchev–Trinajstić information content (AvgIpc) is 2.15. The molecule has 0 aromatic carbocycles. The minimum absolute atomic E-state index is 0.119. The maximum absolute atomic E-state index is 8.42. The van der Waals surface area contributed by atoms with Crippen molar-refractivity contribution in [3.05, 3.63) is 24.0 Å². The predicted molar refractivity (Wildman–Crippen MR) is 50.0 cm³/mol. The summed E-state index contributed by atoms with van der Waals surface area (Å²) in [5.74, 6) is 5.26. The van der Waals surface area contributed by atoms with Crippen LogP contribution in [0.2, 0.25) is 0 Å². The minimum atomic E-state index is -0.119. The van der Waals surface area contributed by atoms with Crippen molar-refractivity contribution in [1.82, 2.24) is 4.98 Å². The molecule has 1 aromatic rings. The van der Waals surface area contributed by atoms with Crippen LogP contribution in [0.1, 0.15) is 5.69 Å². The molecule has 3 heteroatoms. The molecular formula is C9H9NOS. The van der Waals surface area contributed by atoms with Gasteiger partial charge in [0.25, 0.3) is 0 Å². The summed E-state index contributed by atoms with van der Waals surface area (Å²) in [4.78, 5) is 5.20. The Hall–Kier alpha value is -0.980. The Morgan fingerprint density at radius 3 is 2.92 bits per heavy atom. The van der Waals surface area contributed by atoms with E-state index in [1.54, 1.807) is 18.0 Å². The molecule has 0 amide bonds. The smallest absolute Gasteiger partial charge is 0.113 e. The summed E-state index contributed by atoms with van der Waals surface area (Å²) in [7, 11) is 0. The summed E-state index contributed by atoms with van der Waals surface area (Å²) in [5.41, 5.74) is 0.696. The minimum Gasteiger partial charge on any atom is -0.384 e. The largest absolute Gasteiger partial charge is 0.384 e. The Morgan fingerprint density at radius 1 is 1.58 bits per heavy atom. The van der Waals surface area contributed by atoms with Gasteiger partial charge in [0.15, 0.2) is 0 Å². The number of pyridine rings is 1. The van der Waals surface area contributed by atoms with E-state index in [-0.39, 0.29) is 6.61 Å². The van der Waals surface area contributed by atoms with E-state index >= 15 is 0 Å². The first-order valence-electron chi connectivity index (χ1n) is 3.46. The molecule has 0 aliphatic heterocycles. The van der Waals surface area contributed by atoms with Gasteiger partial charge in [0.05, 0.1) is 0 Å². The van der Waals surface area contributed by atoms with Crippen LogP contribution in [0.4, 0.5) is 0 Å². The second-order valence-corrected chi connectivity index (χ2v) is 2.92. The fraction of sp³-hybridized carbons (Fsp3) is 0.222. The lowest BCUT2D eigenvalue weighted by Crippen LogP contribution is -1.82. The Kier molecular flexibility index (Phi) is 3.65. The van der Waals surface area contributed by atoms with Gasteiger partial charge in [-0.05, 0) is 24.3 Å². The van der Waals surface area contributed by atoms with Crippen LogP contribution in [0.5, 0.6) is 0 Å². The van der Waals surface area contributed by atoms with Gasteiger partial charge in [-0.1, -0.05) is 5.92 Å². The molecule has 1 aromatic heterocycles. The van der Waals surface area contributed by atoms with Crippen LogP contribution >= 0.6 is 11.8 Å². The Labute approximate surface area is 76.0 Å². The van der Waals surface area contributed by atoms with Crippen molar-refractivity contribution < 1.29 is 5.11 Å². The molecule has 12 heavy (non-hydrogen) atoms. The molecule has 0 spiro atoms. The number of rotatable bonds is 1. The van der Waals surface area contributed by atoms with E-state index in [2.05, 4.69) is 16.8 Å². The lowest BCUT2D eigenvalue weighted by molar-refractivity contribution is 0.350. The van der Waals surface area contributed by atoms with Crippen molar-refractivity contribution in [3.8, 4) is 11.8 Å². The van der Waals surface area contributed by atoms with Gasteiger partial charge in [0.1, 0.15) is 12.3 Å². The summed E-state index contributed by atoms with van der Waals surface area (Å²) in [6, 6.07) is 3.80. The predicted octanol–water partition coefficient (Wildman–Crippen LogP) is 1.15. The second kappa shape index (κ2) is 4.81. The van der Waals surface area contributed by atoms with Crippen LogP contribution < -0.4 is 0 Å². The van der Waals surface area contributed by atoms with Gasteiger partial charge in [-0.15, -0.1) is 11.8 Å². The van der Waals surface area contributed by atoms with E-state index in [1.165, 1.54) is 0 Å². The molecule has 2 nitrogen and oxygen atoms in total. The van der Waals surface area contributed by atoms with Gasteiger partial charge < -0.3 is 5.11 Å². The van der Waals surface area contributed by atoms with Gasteiger partial charge in [0.2, 0.25) is 0 Å². The molecule has 0 fully saturated rings. The molecule has 0 unspecified atom stereocenters. The lowest BCUT2D eigenvalue weighted by atomic mass is 10.3. The molecule has 0 atom stereocenters. The number of hydrogen-bond acceptors (Lipinski definition) is 3. The van der Waals surface area contributed by atoms with E-state index in [1.807, 2.05) is 18.4 Å². The van der Waals surface area contributed by atoms with Crippen molar-refractivity contribution in [2.75, 3.05) is 12.9 Å². The van der Waals surface area contributed by atoms with Crippen molar-refractivity contribution in [3.63, 3.8) is 0 Å². The average molecular weight is 179 g/mol. The molecule has 0 bridgehead atoms. The molecule has 0 aliphatic rings. The quantitative estimate of drug-likeness (QED) is 0.518. The van der Waals surface area contributed by atoms with Gasteiger partial charge in [-0.2, -0.15) is 0 Å². The van der Waals surface area contributed by atoms with Crippen molar-refractivity contribution in [1.29, 1.82) is 0 Å². The van der Waals surface area contributed by atoms with Crippen LogP contribution in [0, 0.1) is 11.8 Å². The third-order valence-electron chi connectivity index (χ3n) is 1.27. The highest BCUT2D eigenvalue weighted by Crippen LogP contribution is 2.11. The first kappa shape index (κ1) is 9.11. The SMILES string of the molecule is CSc1ccc(C#CCO)nc1. The fourth-order valence-electron chi connectivity index (χ4n) is 0.705. The molecule has 0 saturated heterocycles. The normalized spacial score (nSPS) is 8.83. The Morgan fingerprint density at radius 2 is 2.42 bits per heavy atom. The summed E-state index contributed by atoms with van der Waals surface area (Å²) in [6.07, 6.45) is 3.77. The fourth-order valence-corrected chi connectivity index (χ4v) is 1.07. The molecule has 0 radical (unpaired) electrons. The highest BCUT2D eigenvalue weighted by Gasteiger charge is 1.89. The molecular weight excluding hydrogens is 170 g/mol. The van der Waals surface area contributed by atoms with E-state index in [4.69, 9.17) is 5.11 Å². The van der Waals surface area contributed by atoms with Crippen molar-refractivity contribution in [2.24, 2.45) is 0 Å². The van der Waals surface area contributed by atoms with Crippen molar-refractivity contribution in [2.45, 2.75) is 4.90 Å². The first-order chi connectivity index (χ1) is 5.86. The molecule has 1 rings (SSSR count). The molecule has 1 N–H and O–H groups in total. The summed E-state index contributed by atoms with van der Waals surface area (Å²) < 4.78 is 0. The van der Waals surface area contributed by atoms with Gasteiger partial charge in [-0.3, -0.25) is 0 Å². The zero-order valence-corrected chi connectivity index (χ0v) is 7.56. The lowest BCUT2D eigenvalue weighted by Gasteiger charge is -1.93. The maximum Gasteiger partial charge on any atom is 0.113 e. The Balaban J connectivity index is 2.78. The standard InChI is InChI=1S/C9H9NOS/c1-12-9-5-4-8(10-7-9)3-2-6-11/h4-5,7,11H,6H2,1H3. The number of aliphatic hydroxyl groups excluding tert-OH is 1. The number of thioether (sulfide) groups is 1. The van der Waals surface area contributed by atoms with Crippen LogP contribution in [-0.2, 0) is 0 Å². The number of aromatic nitrogens is 1. The molecule has 0 saturated carbocycles. The van der Waals surface area contributed by atoms with Crippen LogP contribution in [0.15, 0.2) is 23.2 Å². The van der Waals surface area contributed by atoms with Crippen LogP contribution in [-0.4, -0.2) is 23.0 Å². The third kappa shape index (κ3) is 2.57. The van der Waals surface area contributed by atoms with Gasteiger partial charge >= 0.3 is 0 Å². The summed E-state index contributed by atoms with van der Waals surface area (Å²) in [5, 5.41) is 8.42. The Bertz CT molecular complexity index is 297. The second-order valence-electron chi connectivity index (χ2n) is 2.04. The molecule has 1 heterocycles. The summed E-state index contributed by atoms with van der Waals surface area (Å²) in [6.45, 7) is -0.119. The number of nitrogens with zero attached hydrogens (tertiary/aromatic N) is 1. The maximum atomic E-state index is 8.42. The van der Waals surface area contributed by atoms with E-state index in [0.717, 1.165) is 4.90 Å². The van der Waals surface area contributed by atoms with E-state index < -0.39 is 0 Å².